The maximum absolute atomic E-state index is 13.4. The highest BCUT2D eigenvalue weighted by molar-refractivity contribution is 5.41. The standard InChI is InChI=1S/C18H25FN2/c1-18(2)8-4-11-21(12-9-18)14-16-6-7-17(19)13-15(16)5-3-10-20/h6-7,13H,4,8-12,14,20H2,1-2H3. The van der Waals surface area contributed by atoms with Gasteiger partial charge in [0.25, 0.3) is 0 Å². The van der Waals surface area contributed by atoms with Crippen LogP contribution in [0.5, 0.6) is 0 Å². The molecule has 2 rings (SSSR count). The van der Waals surface area contributed by atoms with Gasteiger partial charge in [0.1, 0.15) is 5.82 Å². The summed E-state index contributed by atoms with van der Waals surface area (Å²) >= 11 is 0. The first-order valence-corrected chi connectivity index (χ1v) is 7.70. The summed E-state index contributed by atoms with van der Waals surface area (Å²) in [6.45, 7) is 8.01. The van der Waals surface area contributed by atoms with Crippen LogP contribution in [0, 0.1) is 23.1 Å². The van der Waals surface area contributed by atoms with E-state index in [2.05, 4.69) is 30.6 Å². The maximum atomic E-state index is 13.4. The zero-order chi connectivity index (χ0) is 15.3. The molecule has 114 valence electrons. The van der Waals surface area contributed by atoms with Crippen molar-refractivity contribution in [3.8, 4) is 11.8 Å². The fourth-order valence-corrected chi connectivity index (χ4v) is 2.83. The molecule has 0 radical (unpaired) electrons. The van der Waals surface area contributed by atoms with Gasteiger partial charge in [-0.15, -0.1) is 0 Å². The fraction of sp³-hybridized carbons (Fsp3) is 0.556. The number of benzene rings is 1. The van der Waals surface area contributed by atoms with Crippen LogP contribution >= 0.6 is 0 Å². The average Bonchev–Trinajstić information content (AvgIpc) is 2.60. The lowest BCUT2D eigenvalue weighted by atomic mass is 9.85. The molecule has 1 fully saturated rings. The van der Waals surface area contributed by atoms with Crippen molar-refractivity contribution >= 4 is 0 Å². The minimum absolute atomic E-state index is 0.239. The van der Waals surface area contributed by atoms with Gasteiger partial charge in [-0.3, -0.25) is 4.90 Å². The number of hydrogen-bond acceptors (Lipinski definition) is 2. The Labute approximate surface area is 127 Å². The van der Waals surface area contributed by atoms with Crippen molar-refractivity contribution in [2.45, 2.75) is 39.7 Å². The Hall–Kier alpha value is -1.37. The summed E-state index contributed by atoms with van der Waals surface area (Å²) in [4.78, 5) is 2.45. The Kier molecular flexibility index (Phi) is 5.39. The summed E-state index contributed by atoms with van der Waals surface area (Å²) in [5.74, 6) is 5.58. The van der Waals surface area contributed by atoms with Crippen molar-refractivity contribution in [2.75, 3.05) is 19.6 Å². The summed E-state index contributed by atoms with van der Waals surface area (Å²) in [7, 11) is 0. The molecule has 3 heteroatoms. The molecule has 1 aliphatic rings. The van der Waals surface area contributed by atoms with Gasteiger partial charge in [0.15, 0.2) is 0 Å². The molecule has 2 N–H and O–H groups in total. The average molecular weight is 288 g/mol. The topological polar surface area (TPSA) is 29.3 Å². The van der Waals surface area contributed by atoms with Gasteiger partial charge in [0, 0.05) is 12.1 Å². The second-order valence-corrected chi connectivity index (χ2v) is 6.60. The molecule has 0 spiro atoms. The molecule has 21 heavy (non-hydrogen) atoms. The van der Waals surface area contributed by atoms with Gasteiger partial charge in [0.2, 0.25) is 0 Å². The number of nitrogens with zero attached hydrogens (tertiary/aromatic N) is 1. The normalized spacial score (nSPS) is 18.7. The molecular weight excluding hydrogens is 263 g/mol. The minimum Gasteiger partial charge on any atom is -0.320 e. The Bertz CT molecular complexity index is 540. The van der Waals surface area contributed by atoms with Crippen molar-refractivity contribution in [1.29, 1.82) is 0 Å². The maximum Gasteiger partial charge on any atom is 0.124 e. The Morgan fingerprint density at radius 2 is 2.10 bits per heavy atom. The molecule has 1 heterocycles. The van der Waals surface area contributed by atoms with E-state index in [0.717, 1.165) is 30.8 Å². The van der Waals surface area contributed by atoms with Crippen molar-refractivity contribution < 1.29 is 4.39 Å². The summed E-state index contributed by atoms with van der Waals surface area (Å²) in [6.07, 6.45) is 3.70. The Balaban J connectivity index is 2.12. The van der Waals surface area contributed by atoms with E-state index >= 15 is 0 Å². The molecule has 1 aromatic rings. The third-order valence-electron chi connectivity index (χ3n) is 4.22. The highest BCUT2D eigenvalue weighted by atomic mass is 19.1. The molecular formula is C18H25FN2. The molecule has 1 aromatic carbocycles. The quantitative estimate of drug-likeness (QED) is 0.847. The van der Waals surface area contributed by atoms with Crippen LogP contribution < -0.4 is 5.73 Å². The van der Waals surface area contributed by atoms with Crippen LogP contribution in [0.1, 0.15) is 44.2 Å². The molecule has 0 atom stereocenters. The molecule has 0 unspecified atom stereocenters. The van der Waals surface area contributed by atoms with Crippen LogP contribution in [-0.4, -0.2) is 24.5 Å². The number of rotatable bonds is 2. The number of nitrogens with two attached hydrogens (primary N) is 1. The Morgan fingerprint density at radius 1 is 1.29 bits per heavy atom. The van der Waals surface area contributed by atoms with E-state index in [0.29, 0.717) is 12.0 Å². The van der Waals surface area contributed by atoms with E-state index in [1.165, 1.54) is 31.4 Å². The van der Waals surface area contributed by atoms with Gasteiger partial charge < -0.3 is 5.73 Å². The van der Waals surface area contributed by atoms with E-state index in [4.69, 9.17) is 5.73 Å². The lowest BCUT2D eigenvalue weighted by Crippen LogP contribution is -2.25. The van der Waals surface area contributed by atoms with Crippen LogP contribution in [0.4, 0.5) is 4.39 Å². The van der Waals surface area contributed by atoms with Gasteiger partial charge in [-0.05, 0) is 55.5 Å². The lowest BCUT2D eigenvalue weighted by Gasteiger charge is -2.23. The van der Waals surface area contributed by atoms with Crippen LogP contribution in [0.15, 0.2) is 18.2 Å². The van der Waals surface area contributed by atoms with Crippen molar-refractivity contribution in [1.82, 2.24) is 4.90 Å². The molecule has 0 amide bonds. The summed E-state index contributed by atoms with van der Waals surface area (Å²) in [5.41, 5.74) is 7.71. The van der Waals surface area contributed by atoms with Crippen LogP contribution in [-0.2, 0) is 6.54 Å². The predicted octanol–water partition coefficient (Wildman–Crippen LogP) is 3.15. The fourth-order valence-electron chi connectivity index (χ4n) is 2.83. The van der Waals surface area contributed by atoms with E-state index in [1.807, 2.05) is 6.07 Å². The molecule has 0 bridgehead atoms. The molecule has 2 nitrogen and oxygen atoms in total. The van der Waals surface area contributed by atoms with Gasteiger partial charge in [-0.25, -0.2) is 4.39 Å². The monoisotopic (exact) mass is 288 g/mol. The lowest BCUT2D eigenvalue weighted by molar-refractivity contribution is 0.255. The molecule has 1 aliphatic heterocycles. The Morgan fingerprint density at radius 3 is 2.86 bits per heavy atom. The highest BCUT2D eigenvalue weighted by Crippen LogP contribution is 2.30. The molecule has 1 saturated heterocycles. The first-order chi connectivity index (χ1) is 10.00. The van der Waals surface area contributed by atoms with Crippen LogP contribution in [0.25, 0.3) is 0 Å². The molecule has 0 aromatic heterocycles. The summed E-state index contributed by atoms with van der Waals surface area (Å²) < 4.78 is 13.4. The third kappa shape index (κ3) is 4.84. The first-order valence-electron chi connectivity index (χ1n) is 7.70. The van der Waals surface area contributed by atoms with Crippen molar-refractivity contribution in [2.24, 2.45) is 11.1 Å². The molecule has 0 saturated carbocycles. The number of halogens is 1. The SMILES string of the molecule is CC1(C)CCCN(Cc2ccc(F)cc2C#CCN)CC1. The smallest absolute Gasteiger partial charge is 0.124 e. The highest BCUT2D eigenvalue weighted by Gasteiger charge is 2.23. The third-order valence-corrected chi connectivity index (χ3v) is 4.22. The first kappa shape index (κ1) is 16.0. The van der Waals surface area contributed by atoms with Crippen LogP contribution in [0.3, 0.4) is 0 Å². The van der Waals surface area contributed by atoms with Gasteiger partial charge in [-0.1, -0.05) is 31.8 Å². The second-order valence-electron chi connectivity index (χ2n) is 6.60. The van der Waals surface area contributed by atoms with E-state index in [-0.39, 0.29) is 5.82 Å². The van der Waals surface area contributed by atoms with Crippen molar-refractivity contribution in [3.05, 3.63) is 35.1 Å². The van der Waals surface area contributed by atoms with Crippen LogP contribution in [0.2, 0.25) is 0 Å². The zero-order valence-electron chi connectivity index (χ0n) is 13.1. The van der Waals surface area contributed by atoms with E-state index in [9.17, 15) is 4.39 Å². The van der Waals surface area contributed by atoms with Gasteiger partial charge in [-0.2, -0.15) is 0 Å². The zero-order valence-corrected chi connectivity index (χ0v) is 13.1. The van der Waals surface area contributed by atoms with Gasteiger partial charge >= 0.3 is 0 Å². The van der Waals surface area contributed by atoms with E-state index < -0.39 is 0 Å². The van der Waals surface area contributed by atoms with Crippen molar-refractivity contribution in [3.63, 3.8) is 0 Å². The number of hydrogen-bond donors (Lipinski definition) is 1. The molecule has 0 aliphatic carbocycles. The summed E-state index contributed by atoms with van der Waals surface area (Å²) in [6, 6.07) is 4.89. The van der Waals surface area contributed by atoms with Gasteiger partial charge in [0.05, 0.1) is 6.54 Å². The minimum atomic E-state index is -0.239. The number of likely N-dealkylation sites (tertiary alicyclic amines) is 1. The predicted molar refractivity (Wildman–Crippen MR) is 85.2 cm³/mol. The second kappa shape index (κ2) is 7.06. The summed E-state index contributed by atoms with van der Waals surface area (Å²) in [5, 5.41) is 0. The van der Waals surface area contributed by atoms with E-state index in [1.54, 1.807) is 0 Å². The largest absolute Gasteiger partial charge is 0.320 e.